The molecule has 9 atom stereocenters. The van der Waals surface area contributed by atoms with Crippen molar-refractivity contribution in [3.05, 3.63) is 0 Å². The van der Waals surface area contributed by atoms with Gasteiger partial charge in [-0.25, -0.2) is 0 Å². The molecular formula is C23H36N2O3. The lowest BCUT2D eigenvalue weighted by Crippen LogP contribution is -2.64. The molecule has 0 spiro atoms. The number of ether oxygens (including phenoxy) is 1. The second kappa shape index (κ2) is 5.74. The van der Waals surface area contributed by atoms with Gasteiger partial charge in [0.15, 0.2) is 6.10 Å². The summed E-state index contributed by atoms with van der Waals surface area (Å²) in [4.78, 5) is 25.3. The van der Waals surface area contributed by atoms with E-state index in [4.69, 9.17) is 4.74 Å². The molecule has 5 fully saturated rings. The average Bonchev–Trinajstić information content (AvgIpc) is 3.32. The van der Waals surface area contributed by atoms with Crippen molar-refractivity contribution in [2.75, 3.05) is 0 Å². The topological polar surface area (TPSA) is 70.7 Å². The van der Waals surface area contributed by atoms with Gasteiger partial charge in [-0.05, 0) is 82.5 Å². The monoisotopic (exact) mass is 388 g/mol. The zero-order valence-corrected chi connectivity index (χ0v) is 18.0. The Hall–Kier alpha value is -1.10. The van der Waals surface area contributed by atoms with Gasteiger partial charge in [0, 0.05) is 22.9 Å². The summed E-state index contributed by atoms with van der Waals surface area (Å²) < 4.78 is 5.89. The molecule has 2 aliphatic heterocycles. The van der Waals surface area contributed by atoms with E-state index < -0.39 is 0 Å². The van der Waals surface area contributed by atoms with Crippen LogP contribution < -0.4 is 10.6 Å². The lowest BCUT2D eigenvalue weighted by atomic mass is 9.47. The summed E-state index contributed by atoms with van der Waals surface area (Å²) in [5, 5.41) is 6.53. The molecule has 9 unspecified atom stereocenters. The van der Waals surface area contributed by atoms with Crippen LogP contribution >= 0.6 is 0 Å². The molecule has 5 rings (SSSR count). The lowest BCUT2D eigenvalue weighted by Gasteiger charge is -2.59. The van der Waals surface area contributed by atoms with Gasteiger partial charge in [-0.1, -0.05) is 13.8 Å². The van der Waals surface area contributed by atoms with Crippen LogP contribution in [0.15, 0.2) is 0 Å². The maximum Gasteiger partial charge on any atom is 0.252 e. The number of amides is 2. The summed E-state index contributed by atoms with van der Waals surface area (Å²) in [5.41, 5.74) is 0.00287. The maximum absolute atomic E-state index is 13.1. The van der Waals surface area contributed by atoms with Crippen molar-refractivity contribution in [2.24, 2.45) is 34.5 Å². The minimum Gasteiger partial charge on any atom is -0.358 e. The third-order valence-electron chi connectivity index (χ3n) is 9.27. The van der Waals surface area contributed by atoms with Crippen LogP contribution in [0, 0.1) is 34.5 Å². The fraction of sp³-hybridized carbons (Fsp3) is 0.913. The SMILES string of the molecule is CC(C)(C)NC(=O)C1CCC2C3CCC4NC(=O)C5OC5C4(C)C3CCC12C. The van der Waals surface area contributed by atoms with E-state index in [1.54, 1.807) is 0 Å². The van der Waals surface area contributed by atoms with Crippen LogP contribution in [0.3, 0.4) is 0 Å². The molecule has 0 aromatic rings. The van der Waals surface area contributed by atoms with Gasteiger partial charge < -0.3 is 15.4 Å². The summed E-state index contributed by atoms with van der Waals surface area (Å²) >= 11 is 0. The zero-order chi connectivity index (χ0) is 20.1. The highest BCUT2D eigenvalue weighted by Gasteiger charge is 2.70. The minimum absolute atomic E-state index is 0.0641. The molecule has 3 aliphatic carbocycles. The van der Waals surface area contributed by atoms with E-state index in [9.17, 15) is 9.59 Å². The molecule has 0 aromatic heterocycles. The van der Waals surface area contributed by atoms with E-state index >= 15 is 0 Å². The number of fused-ring (bicyclic) bond motifs is 7. The number of nitrogens with one attached hydrogen (secondary N) is 2. The standard InChI is InChI=1S/C23H36N2O3/c1-21(2,3)25-19(26)15-8-7-13-12-6-9-16-23(5,14(12)10-11-22(13,15)4)18-17(28-18)20(27)24-16/h12-18H,6-11H2,1-5H3,(H,24,27)(H,25,26). The van der Waals surface area contributed by atoms with Gasteiger partial charge in [0.2, 0.25) is 5.91 Å². The fourth-order valence-corrected chi connectivity index (χ4v) is 7.95. The summed E-state index contributed by atoms with van der Waals surface area (Å²) in [6.07, 6.45) is 6.61. The predicted molar refractivity (Wildman–Crippen MR) is 106 cm³/mol. The highest BCUT2D eigenvalue weighted by atomic mass is 16.6. The van der Waals surface area contributed by atoms with Gasteiger partial charge in [-0.15, -0.1) is 0 Å². The van der Waals surface area contributed by atoms with Crippen LogP contribution in [0.5, 0.6) is 0 Å². The molecule has 5 nitrogen and oxygen atoms in total. The van der Waals surface area contributed by atoms with Crippen molar-refractivity contribution in [2.45, 2.75) is 96.9 Å². The Kier molecular flexibility index (Phi) is 3.87. The zero-order valence-electron chi connectivity index (χ0n) is 18.0. The Morgan fingerprint density at radius 3 is 2.57 bits per heavy atom. The first-order valence-electron chi connectivity index (χ1n) is 11.3. The van der Waals surface area contributed by atoms with Gasteiger partial charge in [0.05, 0.1) is 0 Å². The van der Waals surface area contributed by atoms with Gasteiger partial charge in [-0.2, -0.15) is 0 Å². The average molecular weight is 389 g/mol. The quantitative estimate of drug-likeness (QED) is 0.679. The van der Waals surface area contributed by atoms with E-state index in [2.05, 4.69) is 45.3 Å². The number of carbonyl (C=O) groups excluding carboxylic acids is 2. The molecule has 0 bridgehead atoms. The fourth-order valence-electron chi connectivity index (χ4n) is 7.95. The first-order valence-corrected chi connectivity index (χ1v) is 11.3. The molecule has 3 saturated carbocycles. The van der Waals surface area contributed by atoms with Crippen molar-refractivity contribution in [1.82, 2.24) is 10.6 Å². The summed E-state index contributed by atoms with van der Waals surface area (Å²) in [6, 6.07) is 0.260. The number of carbonyl (C=O) groups is 2. The van der Waals surface area contributed by atoms with Gasteiger partial charge >= 0.3 is 0 Å². The summed E-state index contributed by atoms with van der Waals surface area (Å²) in [5.74, 6) is 2.38. The Balaban J connectivity index is 1.40. The van der Waals surface area contributed by atoms with Crippen molar-refractivity contribution in [1.29, 1.82) is 0 Å². The van der Waals surface area contributed by atoms with Gasteiger partial charge in [0.1, 0.15) is 6.10 Å². The molecule has 2 N–H and O–H groups in total. The first-order chi connectivity index (χ1) is 13.1. The molecular weight excluding hydrogens is 352 g/mol. The van der Waals surface area contributed by atoms with E-state index in [0.29, 0.717) is 17.8 Å². The highest BCUT2D eigenvalue weighted by Crippen LogP contribution is 2.67. The van der Waals surface area contributed by atoms with Crippen molar-refractivity contribution < 1.29 is 14.3 Å². The molecule has 2 heterocycles. The predicted octanol–water partition coefficient (Wildman–Crippen LogP) is 3.03. The van der Waals surface area contributed by atoms with Crippen molar-refractivity contribution >= 4 is 11.8 Å². The third kappa shape index (κ3) is 2.47. The van der Waals surface area contributed by atoms with Crippen LogP contribution in [0.1, 0.15) is 73.1 Å². The van der Waals surface area contributed by atoms with E-state index in [1.807, 2.05) is 0 Å². The van der Waals surface area contributed by atoms with Gasteiger partial charge in [0.25, 0.3) is 5.91 Å². The molecule has 2 saturated heterocycles. The molecule has 28 heavy (non-hydrogen) atoms. The second-order valence-electron chi connectivity index (χ2n) is 11.8. The molecule has 156 valence electrons. The Morgan fingerprint density at radius 1 is 1.11 bits per heavy atom. The molecule has 5 heteroatoms. The molecule has 0 aromatic carbocycles. The largest absolute Gasteiger partial charge is 0.358 e. The van der Waals surface area contributed by atoms with E-state index in [-0.39, 0.29) is 52.4 Å². The van der Waals surface area contributed by atoms with E-state index in [1.165, 1.54) is 12.8 Å². The normalized spacial score (nSPS) is 51.9. The lowest BCUT2D eigenvalue weighted by molar-refractivity contribution is -0.139. The van der Waals surface area contributed by atoms with E-state index in [0.717, 1.165) is 25.7 Å². The molecule has 5 aliphatic rings. The smallest absolute Gasteiger partial charge is 0.252 e. The summed E-state index contributed by atoms with van der Waals surface area (Å²) in [7, 11) is 0. The number of rotatable bonds is 1. The first kappa shape index (κ1) is 18.9. The van der Waals surface area contributed by atoms with Crippen molar-refractivity contribution in [3.8, 4) is 0 Å². The molecule has 2 amide bonds. The number of hydrogen-bond acceptors (Lipinski definition) is 3. The second-order valence-corrected chi connectivity index (χ2v) is 11.8. The Morgan fingerprint density at radius 2 is 1.86 bits per heavy atom. The van der Waals surface area contributed by atoms with Gasteiger partial charge in [-0.3, -0.25) is 9.59 Å². The van der Waals surface area contributed by atoms with Crippen molar-refractivity contribution in [3.63, 3.8) is 0 Å². The number of hydrogen-bond donors (Lipinski definition) is 2. The maximum atomic E-state index is 13.1. The van der Waals surface area contributed by atoms with Crippen LogP contribution in [-0.4, -0.2) is 35.6 Å². The van der Waals surface area contributed by atoms with Crippen LogP contribution in [0.2, 0.25) is 0 Å². The number of epoxide rings is 1. The van der Waals surface area contributed by atoms with Crippen LogP contribution in [0.4, 0.5) is 0 Å². The molecule has 0 radical (unpaired) electrons. The third-order valence-corrected chi connectivity index (χ3v) is 9.27. The minimum atomic E-state index is -0.206. The summed E-state index contributed by atoms with van der Waals surface area (Å²) in [6.45, 7) is 11.0. The Bertz CT molecular complexity index is 715. The van der Waals surface area contributed by atoms with Crippen LogP contribution in [0.25, 0.3) is 0 Å². The highest BCUT2D eigenvalue weighted by molar-refractivity contribution is 5.85. The number of piperidine rings is 1. The Labute approximate surface area is 168 Å². The van der Waals surface area contributed by atoms with Crippen LogP contribution in [-0.2, 0) is 14.3 Å².